The van der Waals surface area contributed by atoms with Crippen LogP contribution < -0.4 is 10.6 Å². The molecule has 1 aliphatic heterocycles. The predicted molar refractivity (Wildman–Crippen MR) is 105 cm³/mol. The van der Waals surface area contributed by atoms with Crippen LogP contribution in [0.1, 0.15) is 54.2 Å². The van der Waals surface area contributed by atoms with Gasteiger partial charge in [-0.2, -0.15) is 0 Å². The number of aromatic nitrogens is 2. The third-order valence-electron chi connectivity index (χ3n) is 4.66. The number of furan rings is 1. The van der Waals surface area contributed by atoms with Gasteiger partial charge in [-0.05, 0) is 30.9 Å². The number of nitrogens with one attached hydrogen (secondary N) is 2. The van der Waals surface area contributed by atoms with Gasteiger partial charge >= 0.3 is 0 Å². The minimum atomic E-state index is -0.512. The molecule has 0 aliphatic carbocycles. The van der Waals surface area contributed by atoms with Gasteiger partial charge in [0.05, 0.1) is 6.26 Å². The van der Waals surface area contributed by atoms with E-state index in [-0.39, 0.29) is 29.2 Å². The van der Waals surface area contributed by atoms with E-state index in [9.17, 15) is 14.4 Å². The van der Waals surface area contributed by atoms with Crippen molar-refractivity contribution in [2.45, 2.75) is 39.2 Å². The van der Waals surface area contributed by atoms with Crippen molar-refractivity contribution in [2.24, 2.45) is 5.92 Å². The predicted octanol–water partition coefficient (Wildman–Crippen LogP) is 2.09. The highest BCUT2D eigenvalue weighted by Gasteiger charge is 2.26. The molecular formula is C20H25N5O4. The lowest BCUT2D eigenvalue weighted by molar-refractivity contribution is -0.133. The van der Waals surface area contributed by atoms with Gasteiger partial charge in [0.25, 0.3) is 11.8 Å². The second-order valence-electron chi connectivity index (χ2n) is 7.41. The normalized spacial score (nSPS) is 14.7. The van der Waals surface area contributed by atoms with Crippen LogP contribution in [0.15, 0.2) is 35.2 Å². The van der Waals surface area contributed by atoms with E-state index in [2.05, 4.69) is 20.6 Å². The Hall–Kier alpha value is -3.23. The summed E-state index contributed by atoms with van der Waals surface area (Å²) in [6.07, 6.45) is 6.05. The summed E-state index contributed by atoms with van der Waals surface area (Å²) in [6.45, 7) is 5.26. The average molecular weight is 399 g/mol. The Bertz CT molecular complexity index is 858. The quantitative estimate of drug-likeness (QED) is 0.768. The average Bonchev–Trinajstić information content (AvgIpc) is 3.23. The second-order valence-corrected chi connectivity index (χ2v) is 7.41. The Kier molecular flexibility index (Phi) is 6.58. The van der Waals surface area contributed by atoms with Crippen LogP contribution in [0.25, 0.3) is 0 Å². The fourth-order valence-electron chi connectivity index (χ4n) is 3.18. The van der Waals surface area contributed by atoms with Crippen molar-refractivity contribution in [3.8, 4) is 0 Å². The molecule has 3 rings (SSSR count). The highest BCUT2D eigenvalue weighted by molar-refractivity contribution is 6.06. The number of piperidine rings is 1. The first-order valence-corrected chi connectivity index (χ1v) is 9.68. The van der Waals surface area contributed by atoms with Gasteiger partial charge in [0, 0.05) is 37.9 Å². The molecule has 1 fully saturated rings. The molecule has 1 aliphatic rings. The summed E-state index contributed by atoms with van der Waals surface area (Å²) in [6, 6.07) is 3.04. The lowest BCUT2D eigenvalue weighted by Gasteiger charge is -2.32. The Morgan fingerprint density at radius 2 is 1.90 bits per heavy atom. The summed E-state index contributed by atoms with van der Waals surface area (Å²) in [5.74, 6) is -0.272. The number of anilines is 1. The molecular weight excluding hydrogens is 374 g/mol. The molecule has 9 heteroatoms. The van der Waals surface area contributed by atoms with Gasteiger partial charge in [0.2, 0.25) is 5.91 Å². The van der Waals surface area contributed by atoms with Crippen molar-refractivity contribution in [3.05, 3.63) is 42.2 Å². The molecule has 0 spiro atoms. The van der Waals surface area contributed by atoms with Crippen LogP contribution in [0.5, 0.6) is 0 Å². The number of carbonyl (C=O) groups excluding carboxylic acids is 3. The van der Waals surface area contributed by atoms with Gasteiger partial charge in [0.15, 0.2) is 17.3 Å². The molecule has 1 saturated heterocycles. The Balaban J connectivity index is 1.58. The van der Waals surface area contributed by atoms with Crippen molar-refractivity contribution in [2.75, 3.05) is 18.4 Å². The summed E-state index contributed by atoms with van der Waals surface area (Å²) in [7, 11) is 0. The first kappa shape index (κ1) is 20.5. The highest BCUT2D eigenvalue weighted by Crippen LogP contribution is 2.16. The molecule has 2 aromatic heterocycles. The van der Waals surface area contributed by atoms with Crippen molar-refractivity contribution in [3.63, 3.8) is 0 Å². The van der Waals surface area contributed by atoms with Crippen LogP contribution in [0.3, 0.4) is 0 Å². The number of hydrogen-bond acceptors (Lipinski definition) is 6. The van der Waals surface area contributed by atoms with Gasteiger partial charge in [-0.3, -0.25) is 14.4 Å². The minimum Gasteiger partial charge on any atom is -0.459 e. The van der Waals surface area contributed by atoms with Crippen molar-refractivity contribution < 1.29 is 18.8 Å². The van der Waals surface area contributed by atoms with E-state index in [1.807, 2.05) is 18.7 Å². The number of rotatable bonds is 6. The van der Waals surface area contributed by atoms with E-state index in [1.54, 1.807) is 6.07 Å². The van der Waals surface area contributed by atoms with Gasteiger partial charge in [0.1, 0.15) is 0 Å². The zero-order chi connectivity index (χ0) is 20.8. The SMILES string of the molecule is CC(C)CC(=O)N1CCC(NC(=O)c2nccnc2NC(=O)c2ccco2)CC1. The number of likely N-dealkylation sites (tertiary alicyclic amines) is 1. The molecule has 0 bridgehead atoms. The zero-order valence-corrected chi connectivity index (χ0v) is 16.6. The van der Waals surface area contributed by atoms with E-state index in [0.717, 1.165) is 0 Å². The molecule has 0 radical (unpaired) electrons. The number of nitrogens with zero attached hydrogens (tertiary/aromatic N) is 3. The molecule has 9 nitrogen and oxygen atoms in total. The maximum absolute atomic E-state index is 12.7. The largest absolute Gasteiger partial charge is 0.459 e. The molecule has 0 atom stereocenters. The van der Waals surface area contributed by atoms with Gasteiger partial charge in [-0.25, -0.2) is 9.97 Å². The zero-order valence-electron chi connectivity index (χ0n) is 16.6. The van der Waals surface area contributed by atoms with E-state index in [4.69, 9.17) is 4.42 Å². The molecule has 0 aromatic carbocycles. The Morgan fingerprint density at radius 3 is 2.55 bits per heavy atom. The van der Waals surface area contributed by atoms with Crippen molar-refractivity contribution in [1.82, 2.24) is 20.2 Å². The van der Waals surface area contributed by atoms with E-state index in [1.165, 1.54) is 24.7 Å². The van der Waals surface area contributed by atoms with Gasteiger partial charge in [-0.1, -0.05) is 13.8 Å². The smallest absolute Gasteiger partial charge is 0.292 e. The van der Waals surface area contributed by atoms with Crippen LogP contribution in [0.4, 0.5) is 5.82 Å². The molecule has 2 N–H and O–H groups in total. The minimum absolute atomic E-state index is 0.0331. The second kappa shape index (κ2) is 9.31. The van der Waals surface area contributed by atoms with E-state index in [0.29, 0.717) is 38.3 Å². The first-order valence-electron chi connectivity index (χ1n) is 9.68. The van der Waals surface area contributed by atoms with E-state index < -0.39 is 11.8 Å². The maximum atomic E-state index is 12.7. The molecule has 2 aromatic rings. The molecule has 154 valence electrons. The topological polar surface area (TPSA) is 117 Å². The fraction of sp³-hybridized carbons (Fsp3) is 0.450. The third-order valence-corrected chi connectivity index (χ3v) is 4.66. The third kappa shape index (κ3) is 5.40. The summed E-state index contributed by atoms with van der Waals surface area (Å²) in [5, 5.41) is 5.48. The molecule has 3 amide bonds. The van der Waals surface area contributed by atoms with E-state index >= 15 is 0 Å². The van der Waals surface area contributed by atoms with Crippen LogP contribution in [-0.2, 0) is 4.79 Å². The van der Waals surface area contributed by atoms with Crippen LogP contribution in [0.2, 0.25) is 0 Å². The summed E-state index contributed by atoms with van der Waals surface area (Å²) in [4.78, 5) is 47.0. The Morgan fingerprint density at radius 1 is 1.17 bits per heavy atom. The first-order chi connectivity index (χ1) is 13.9. The lowest BCUT2D eigenvalue weighted by atomic mass is 10.0. The number of carbonyl (C=O) groups is 3. The van der Waals surface area contributed by atoms with Crippen molar-refractivity contribution >= 4 is 23.5 Å². The maximum Gasteiger partial charge on any atom is 0.292 e. The summed E-state index contributed by atoms with van der Waals surface area (Å²) in [5.41, 5.74) is 0.0331. The molecule has 0 saturated carbocycles. The van der Waals surface area contributed by atoms with Crippen LogP contribution in [-0.4, -0.2) is 51.7 Å². The Labute approximate surface area is 168 Å². The molecule has 0 unspecified atom stereocenters. The highest BCUT2D eigenvalue weighted by atomic mass is 16.3. The van der Waals surface area contributed by atoms with Gasteiger partial charge < -0.3 is 20.0 Å². The number of amides is 3. The fourth-order valence-corrected chi connectivity index (χ4v) is 3.18. The van der Waals surface area contributed by atoms with Gasteiger partial charge in [-0.15, -0.1) is 0 Å². The number of hydrogen-bond donors (Lipinski definition) is 2. The summed E-state index contributed by atoms with van der Waals surface area (Å²) >= 11 is 0. The van der Waals surface area contributed by atoms with Crippen LogP contribution in [0, 0.1) is 5.92 Å². The monoisotopic (exact) mass is 399 g/mol. The summed E-state index contributed by atoms with van der Waals surface area (Å²) < 4.78 is 5.05. The lowest BCUT2D eigenvalue weighted by Crippen LogP contribution is -2.47. The van der Waals surface area contributed by atoms with Crippen LogP contribution >= 0.6 is 0 Å². The van der Waals surface area contributed by atoms with Crippen molar-refractivity contribution in [1.29, 1.82) is 0 Å². The molecule has 3 heterocycles. The molecule has 29 heavy (non-hydrogen) atoms. The standard InChI is InChI=1S/C20H25N5O4/c1-13(2)12-16(26)25-9-5-14(6-10-25)23-20(28)17-18(22-8-7-21-17)24-19(27)15-4-3-11-29-15/h3-4,7-8,11,13-14H,5-6,9-10,12H2,1-2H3,(H,23,28)(H,22,24,27).